The van der Waals surface area contributed by atoms with Crippen LogP contribution < -0.4 is 4.90 Å². The molecule has 2 saturated heterocycles. The molecular weight excluding hydrogens is 334 g/mol. The quantitative estimate of drug-likeness (QED) is 0.723. The van der Waals surface area contributed by atoms with E-state index in [4.69, 9.17) is 0 Å². The minimum atomic E-state index is 0.193. The van der Waals surface area contributed by atoms with Crippen molar-refractivity contribution in [2.75, 3.05) is 31.1 Å². The highest BCUT2D eigenvalue weighted by Gasteiger charge is 2.42. The van der Waals surface area contributed by atoms with Crippen LogP contribution in [0.3, 0.4) is 0 Å². The molecular formula is C18H19N5OS. The molecule has 0 bridgehead atoms. The maximum Gasteiger partial charge on any atom is 0.242 e. The molecule has 2 aromatic heterocycles. The first kappa shape index (κ1) is 14.9. The zero-order valence-electron chi connectivity index (χ0n) is 13.8. The molecule has 2 atom stereocenters. The van der Waals surface area contributed by atoms with Gasteiger partial charge in [-0.25, -0.2) is 9.97 Å². The molecule has 128 valence electrons. The van der Waals surface area contributed by atoms with Crippen molar-refractivity contribution in [3.05, 3.63) is 42.2 Å². The smallest absolute Gasteiger partial charge is 0.242 e. The Labute approximate surface area is 149 Å². The summed E-state index contributed by atoms with van der Waals surface area (Å²) in [5, 5.41) is 3.13. The summed E-state index contributed by atoms with van der Waals surface area (Å²) in [6.07, 6.45) is 3.63. The first-order chi connectivity index (χ1) is 12.3. The summed E-state index contributed by atoms with van der Waals surface area (Å²) in [5.74, 6) is 1.32. The van der Waals surface area contributed by atoms with E-state index in [-0.39, 0.29) is 5.91 Å². The van der Waals surface area contributed by atoms with Crippen LogP contribution in [0, 0.1) is 11.8 Å². The largest absolute Gasteiger partial charge is 0.347 e. The van der Waals surface area contributed by atoms with E-state index in [0.717, 1.165) is 42.3 Å². The molecule has 1 amide bonds. The van der Waals surface area contributed by atoms with E-state index in [2.05, 4.69) is 14.9 Å². The number of rotatable bonds is 3. The Morgan fingerprint density at radius 2 is 1.92 bits per heavy atom. The zero-order chi connectivity index (χ0) is 16.8. The number of benzene rings is 1. The van der Waals surface area contributed by atoms with E-state index in [9.17, 15) is 4.79 Å². The number of aromatic nitrogens is 3. The van der Waals surface area contributed by atoms with E-state index in [1.54, 1.807) is 17.7 Å². The summed E-state index contributed by atoms with van der Waals surface area (Å²) in [4.78, 5) is 25.9. The summed E-state index contributed by atoms with van der Waals surface area (Å²) in [6, 6.07) is 7.94. The number of anilines is 1. The number of carbonyl (C=O) groups excluding carboxylic acids is 1. The monoisotopic (exact) mass is 353 g/mol. The van der Waals surface area contributed by atoms with Crippen LogP contribution >= 0.6 is 11.3 Å². The number of amides is 1. The van der Waals surface area contributed by atoms with Gasteiger partial charge >= 0.3 is 0 Å². The number of likely N-dealkylation sites (tertiary alicyclic amines) is 1. The van der Waals surface area contributed by atoms with Crippen molar-refractivity contribution in [3.63, 3.8) is 0 Å². The number of thiazole rings is 1. The van der Waals surface area contributed by atoms with Gasteiger partial charge in [0.1, 0.15) is 6.54 Å². The van der Waals surface area contributed by atoms with Crippen LogP contribution in [0.15, 0.2) is 42.2 Å². The van der Waals surface area contributed by atoms with Crippen molar-refractivity contribution >= 4 is 33.4 Å². The normalized spacial score (nSPS) is 22.7. The van der Waals surface area contributed by atoms with Crippen LogP contribution in [-0.4, -0.2) is 51.5 Å². The Hall–Kier alpha value is -2.41. The first-order valence-corrected chi connectivity index (χ1v) is 9.48. The van der Waals surface area contributed by atoms with Crippen molar-refractivity contribution < 1.29 is 4.79 Å². The molecule has 4 heterocycles. The Morgan fingerprint density at radius 1 is 1.12 bits per heavy atom. The molecule has 2 unspecified atom stereocenters. The predicted molar refractivity (Wildman–Crippen MR) is 97.6 cm³/mol. The molecule has 0 saturated carbocycles. The molecule has 0 radical (unpaired) electrons. The second-order valence-corrected chi connectivity index (χ2v) is 7.77. The lowest BCUT2D eigenvalue weighted by Gasteiger charge is -2.21. The zero-order valence-corrected chi connectivity index (χ0v) is 14.6. The van der Waals surface area contributed by atoms with Gasteiger partial charge in [0.2, 0.25) is 5.91 Å². The highest BCUT2D eigenvalue weighted by atomic mass is 32.1. The van der Waals surface area contributed by atoms with E-state index in [1.165, 1.54) is 0 Å². The average molecular weight is 353 g/mol. The number of carbonyl (C=O) groups is 1. The van der Waals surface area contributed by atoms with Crippen molar-refractivity contribution in [2.24, 2.45) is 11.8 Å². The predicted octanol–water partition coefficient (Wildman–Crippen LogP) is 2.09. The lowest BCUT2D eigenvalue weighted by molar-refractivity contribution is -0.131. The third kappa shape index (κ3) is 2.59. The highest BCUT2D eigenvalue weighted by Crippen LogP contribution is 2.34. The second kappa shape index (κ2) is 5.84. The Bertz CT molecular complexity index is 891. The van der Waals surface area contributed by atoms with Gasteiger partial charge in [0.15, 0.2) is 5.13 Å². The summed E-state index contributed by atoms with van der Waals surface area (Å²) < 4.78 is 1.95. The first-order valence-electron chi connectivity index (χ1n) is 8.60. The average Bonchev–Trinajstić information content (AvgIpc) is 3.37. The highest BCUT2D eigenvalue weighted by molar-refractivity contribution is 7.13. The number of hydrogen-bond donors (Lipinski definition) is 0. The van der Waals surface area contributed by atoms with Crippen molar-refractivity contribution in [1.29, 1.82) is 0 Å². The molecule has 3 aromatic rings. The third-order valence-electron chi connectivity index (χ3n) is 5.36. The van der Waals surface area contributed by atoms with Gasteiger partial charge in [-0.3, -0.25) is 4.79 Å². The van der Waals surface area contributed by atoms with Crippen LogP contribution in [0.4, 0.5) is 5.13 Å². The molecule has 2 fully saturated rings. The molecule has 6 nitrogen and oxygen atoms in total. The number of hydrogen-bond acceptors (Lipinski definition) is 5. The van der Waals surface area contributed by atoms with Crippen LogP contribution in [0.1, 0.15) is 0 Å². The van der Waals surface area contributed by atoms with Crippen molar-refractivity contribution in [1.82, 2.24) is 19.4 Å². The van der Waals surface area contributed by atoms with Crippen LogP contribution in [0.2, 0.25) is 0 Å². The van der Waals surface area contributed by atoms with Crippen molar-refractivity contribution in [2.45, 2.75) is 6.54 Å². The Morgan fingerprint density at radius 3 is 2.68 bits per heavy atom. The van der Waals surface area contributed by atoms with Gasteiger partial charge in [-0.05, 0) is 12.1 Å². The van der Waals surface area contributed by atoms with Crippen molar-refractivity contribution in [3.8, 4) is 0 Å². The van der Waals surface area contributed by atoms with Gasteiger partial charge in [-0.1, -0.05) is 12.1 Å². The SMILES string of the molecule is O=C(Cn1cnc2ccccc21)N1CC2CN(c3nccs3)CC2C1. The molecule has 5 rings (SSSR count). The minimum Gasteiger partial charge on any atom is -0.347 e. The summed E-state index contributed by atoms with van der Waals surface area (Å²) in [6.45, 7) is 4.11. The molecule has 2 aliphatic rings. The molecule has 0 N–H and O–H groups in total. The van der Waals surface area contributed by atoms with Gasteiger partial charge in [0.05, 0.1) is 17.4 Å². The Kier molecular flexibility index (Phi) is 3.48. The van der Waals surface area contributed by atoms with E-state index >= 15 is 0 Å². The van der Waals surface area contributed by atoms with Gasteiger partial charge < -0.3 is 14.4 Å². The molecule has 7 heteroatoms. The summed E-state index contributed by atoms with van der Waals surface area (Å²) >= 11 is 1.69. The molecule has 0 spiro atoms. The van der Waals surface area contributed by atoms with Crippen LogP contribution in [-0.2, 0) is 11.3 Å². The van der Waals surface area contributed by atoms with Gasteiger partial charge in [0.25, 0.3) is 0 Å². The number of imidazole rings is 1. The summed E-state index contributed by atoms with van der Waals surface area (Å²) in [5.41, 5.74) is 1.96. The van der Waals surface area contributed by atoms with Gasteiger partial charge in [-0.2, -0.15) is 0 Å². The number of fused-ring (bicyclic) bond motifs is 2. The maximum atomic E-state index is 12.8. The van der Waals surface area contributed by atoms with Gasteiger partial charge in [0, 0.05) is 49.6 Å². The van der Waals surface area contributed by atoms with E-state index in [0.29, 0.717) is 18.4 Å². The second-order valence-electron chi connectivity index (χ2n) is 6.90. The molecule has 2 aliphatic heterocycles. The van der Waals surface area contributed by atoms with E-state index < -0.39 is 0 Å². The number of nitrogens with zero attached hydrogens (tertiary/aromatic N) is 5. The van der Waals surface area contributed by atoms with Crippen LogP contribution in [0.5, 0.6) is 0 Å². The molecule has 1 aromatic carbocycles. The summed E-state index contributed by atoms with van der Waals surface area (Å²) in [7, 11) is 0. The standard InChI is InChI=1S/C18H19N5OS/c24-17(11-23-12-20-15-3-1-2-4-16(15)23)21-7-13-9-22(10-14(13)8-21)18-19-5-6-25-18/h1-6,12-14H,7-11H2. The fourth-order valence-corrected chi connectivity index (χ4v) is 4.77. The number of para-hydroxylation sites is 2. The van der Waals surface area contributed by atoms with Crippen LogP contribution in [0.25, 0.3) is 11.0 Å². The fourth-order valence-electron chi connectivity index (χ4n) is 4.11. The van der Waals surface area contributed by atoms with E-state index in [1.807, 2.05) is 45.3 Å². The molecule has 25 heavy (non-hydrogen) atoms. The molecule has 0 aliphatic carbocycles. The lowest BCUT2D eigenvalue weighted by atomic mass is 10.0. The Balaban J connectivity index is 1.25. The topological polar surface area (TPSA) is 54.3 Å². The lowest BCUT2D eigenvalue weighted by Crippen LogP contribution is -2.35. The minimum absolute atomic E-state index is 0.193. The van der Waals surface area contributed by atoms with Gasteiger partial charge in [-0.15, -0.1) is 11.3 Å². The maximum absolute atomic E-state index is 12.8. The fraction of sp³-hybridized carbons (Fsp3) is 0.389. The third-order valence-corrected chi connectivity index (χ3v) is 6.19.